The van der Waals surface area contributed by atoms with E-state index in [1.54, 1.807) is 49.1 Å². The van der Waals surface area contributed by atoms with Gasteiger partial charge in [-0.05, 0) is 58.0 Å². The van der Waals surface area contributed by atoms with E-state index in [1.165, 1.54) is 0 Å². The predicted molar refractivity (Wildman–Crippen MR) is 101 cm³/mol. The van der Waals surface area contributed by atoms with E-state index in [4.69, 9.17) is 9.15 Å². The molecule has 0 unspecified atom stereocenters. The van der Waals surface area contributed by atoms with Crippen molar-refractivity contribution in [2.45, 2.75) is 27.7 Å². The molecule has 1 aromatic carbocycles. The van der Waals surface area contributed by atoms with E-state index in [2.05, 4.69) is 5.32 Å². The third-order valence-electron chi connectivity index (χ3n) is 4.06. The van der Waals surface area contributed by atoms with Gasteiger partial charge < -0.3 is 19.4 Å². The molecule has 0 aliphatic rings. The number of hydrogen-bond acceptors (Lipinski definition) is 5. The Morgan fingerprint density at radius 3 is 2.22 bits per heavy atom. The molecular weight excluding hydrogens is 348 g/mol. The third-order valence-corrected chi connectivity index (χ3v) is 4.06. The van der Waals surface area contributed by atoms with Crippen LogP contribution < -0.4 is 5.32 Å². The molecule has 2 amide bonds. The zero-order valence-corrected chi connectivity index (χ0v) is 16.0. The Labute approximate surface area is 158 Å². The molecule has 1 N–H and O–H groups in total. The first kappa shape index (κ1) is 20.2. The summed E-state index contributed by atoms with van der Waals surface area (Å²) in [5.41, 5.74) is 1.37. The molecule has 2 rings (SSSR count). The highest BCUT2D eigenvalue weighted by atomic mass is 16.5. The van der Waals surface area contributed by atoms with Crippen LogP contribution in [0.4, 0.5) is 5.69 Å². The number of amides is 2. The summed E-state index contributed by atoms with van der Waals surface area (Å²) in [5, 5.41) is 2.63. The summed E-state index contributed by atoms with van der Waals surface area (Å²) in [4.78, 5) is 37.9. The van der Waals surface area contributed by atoms with Crippen LogP contribution in [0.25, 0.3) is 0 Å². The number of anilines is 1. The van der Waals surface area contributed by atoms with Crippen molar-refractivity contribution in [2.75, 3.05) is 25.0 Å². The standard InChI is InChI=1S/C20H24N2O5/c1-5-22(6-2)19(24)15-7-9-16(10-8-15)21-18(23)12-26-20(25)17-11-13(3)27-14(17)4/h7-11H,5-6,12H2,1-4H3,(H,21,23). The van der Waals surface area contributed by atoms with Gasteiger partial charge in [0, 0.05) is 24.3 Å². The lowest BCUT2D eigenvalue weighted by molar-refractivity contribution is -0.119. The lowest BCUT2D eigenvalue weighted by Crippen LogP contribution is -2.30. The molecule has 0 aliphatic heterocycles. The van der Waals surface area contributed by atoms with Crippen molar-refractivity contribution in [1.82, 2.24) is 4.90 Å². The Hall–Kier alpha value is -3.09. The van der Waals surface area contributed by atoms with Crippen molar-refractivity contribution < 1.29 is 23.5 Å². The van der Waals surface area contributed by atoms with Crippen LogP contribution in [0.3, 0.4) is 0 Å². The molecule has 0 saturated carbocycles. The van der Waals surface area contributed by atoms with Crippen molar-refractivity contribution in [1.29, 1.82) is 0 Å². The summed E-state index contributed by atoms with van der Waals surface area (Å²) in [7, 11) is 0. The van der Waals surface area contributed by atoms with Gasteiger partial charge in [-0.3, -0.25) is 9.59 Å². The molecule has 0 aliphatic carbocycles. The van der Waals surface area contributed by atoms with Crippen molar-refractivity contribution in [3.63, 3.8) is 0 Å². The van der Waals surface area contributed by atoms with Gasteiger partial charge >= 0.3 is 5.97 Å². The van der Waals surface area contributed by atoms with Gasteiger partial charge in [-0.2, -0.15) is 0 Å². The van der Waals surface area contributed by atoms with Crippen LogP contribution in [-0.4, -0.2) is 42.4 Å². The molecule has 2 aromatic rings. The van der Waals surface area contributed by atoms with Gasteiger partial charge in [-0.1, -0.05) is 0 Å². The maximum atomic E-state index is 12.3. The zero-order valence-electron chi connectivity index (χ0n) is 16.0. The molecule has 0 spiro atoms. The fourth-order valence-electron chi connectivity index (χ4n) is 2.63. The van der Waals surface area contributed by atoms with Crippen LogP contribution in [0.5, 0.6) is 0 Å². The average molecular weight is 372 g/mol. The molecule has 144 valence electrons. The Bertz CT molecular complexity index is 819. The van der Waals surface area contributed by atoms with E-state index >= 15 is 0 Å². The van der Waals surface area contributed by atoms with Crippen LogP contribution in [-0.2, 0) is 9.53 Å². The Morgan fingerprint density at radius 1 is 1.07 bits per heavy atom. The van der Waals surface area contributed by atoms with Gasteiger partial charge in [-0.25, -0.2) is 4.79 Å². The molecule has 1 aromatic heterocycles. The number of carbonyl (C=O) groups is 3. The number of benzene rings is 1. The molecule has 7 nitrogen and oxygen atoms in total. The topological polar surface area (TPSA) is 88.9 Å². The van der Waals surface area contributed by atoms with E-state index in [1.807, 2.05) is 13.8 Å². The summed E-state index contributed by atoms with van der Waals surface area (Å²) >= 11 is 0. The van der Waals surface area contributed by atoms with Crippen molar-refractivity contribution in [3.8, 4) is 0 Å². The second-order valence-electron chi connectivity index (χ2n) is 6.01. The Morgan fingerprint density at radius 2 is 1.70 bits per heavy atom. The summed E-state index contributed by atoms with van der Waals surface area (Å²) in [6, 6.07) is 8.15. The molecule has 7 heteroatoms. The number of hydrogen-bond donors (Lipinski definition) is 1. The number of carbonyl (C=O) groups excluding carboxylic acids is 3. The van der Waals surface area contributed by atoms with Crippen molar-refractivity contribution in [2.24, 2.45) is 0 Å². The molecule has 0 saturated heterocycles. The van der Waals surface area contributed by atoms with E-state index in [0.717, 1.165) is 0 Å². The van der Waals surface area contributed by atoms with Gasteiger partial charge in [0.25, 0.3) is 11.8 Å². The van der Waals surface area contributed by atoms with Crippen LogP contribution in [0.1, 0.15) is 46.1 Å². The second kappa shape index (κ2) is 9.02. The normalized spacial score (nSPS) is 10.4. The first-order valence-corrected chi connectivity index (χ1v) is 8.79. The number of aryl methyl sites for hydroxylation is 2. The molecule has 0 bridgehead atoms. The summed E-state index contributed by atoms with van der Waals surface area (Å²) in [6.07, 6.45) is 0. The van der Waals surface area contributed by atoms with Crippen LogP contribution in [0, 0.1) is 13.8 Å². The van der Waals surface area contributed by atoms with Crippen LogP contribution in [0.2, 0.25) is 0 Å². The number of esters is 1. The quantitative estimate of drug-likeness (QED) is 0.754. The molecule has 27 heavy (non-hydrogen) atoms. The smallest absolute Gasteiger partial charge is 0.342 e. The van der Waals surface area contributed by atoms with Gasteiger partial charge in [0.05, 0.1) is 0 Å². The maximum Gasteiger partial charge on any atom is 0.342 e. The van der Waals surface area contributed by atoms with E-state index in [9.17, 15) is 14.4 Å². The highest BCUT2D eigenvalue weighted by molar-refractivity contribution is 5.97. The van der Waals surface area contributed by atoms with E-state index < -0.39 is 18.5 Å². The highest BCUT2D eigenvalue weighted by Gasteiger charge is 2.17. The maximum absolute atomic E-state index is 12.3. The van der Waals surface area contributed by atoms with Crippen LogP contribution >= 0.6 is 0 Å². The van der Waals surface area contributed by atoms with Crippen molar-refractivity contribution >= 4 is 23.5 Å². The minimum absolute atomic E-state index is 0.0578. The third kappa shape index (κ3) is 5.20. The number of nitrogens with zero attached hydrogens (tertiary/aromatic N) is 1. The molecule has 1 heterocycles. The minimum Gasteiger partial charge on any atom is -0.466 e. The largest absolute Gasteiger partial charge is 0.466 e. The summed E-state index contributed by atoms with van der Waals surface area (Å²) < 4.78 is 10.3. The second-order valence-corrected chi connectivity index (χ2v) is 6.01. The van der Waals surface area contributed by atoms with Crippen LogP contribution in [0.15, 0.2) is 34.7 Å². The summed E-state index contributed by atoms with van der Waals surface area (Å²) in [5.74, 6) is -0.0871. The Balaban J connectivity index is 1.89. The number of rotatable bonds is 7. The lowest BCUT2D eigenvalue weighted by Gasteiger charge is -2.18. The molecule has 0 atom stereocenters. The predicted octanol–water partition coefficient (Wildman–Crippen LogP) is 3.17. The lowest BCUT2D eigenvalue weighted by atomic mass is 10.2. The molecular formula is C20H24N2O5. The zero-order chi connectivity index (χ0) is 20.0. The van der Waals surface area contributed by atoms with E-state index in [0.29, 0.717) is 41.4 Å². The fraction of sp³-hybridized carbons (Fsp3) is 0.350. The van der Waals surface area contributed by atoms with Gasteiger partial charge in [-0.15, -0.1) is 0 Å². The minimum atomic E-state index is -0.611. The van der Waals surface area contributed by atoms with Crippen molar-refractivity contribution in [3.05, 3.63) is 53.0 Å². The SMILES string of the molecule is CCN(CC)C(=O)c1ccc(NC(=O)COC(=O)c2cc(C)oc2C)cc1. The fourth-order valence-corrected chi connectivity index (χ4v) is 2.63. The number of ether oxygens (including phenoxy) is 1. The number of furan rings is 1. The van der Waals surface area contributed by atoms with Gasteiger partial charge in [0.1, 0.15) is 17.1 Å². The monoisotopic (exact) mass is 372 g/mol. The van der Waals surface area contributed by atoms with E-state index in [-0.39, 0.29) is 5.91 Å². The van der Waals surface area contributed by atoms with Gasteiger partial charge in [0.2, 0.25) is 0 Å². The molecule has 0 radical (unpaired) electrons. The number of nitrogens with one attached hydrogen (secondary N) is 1. The summed E-state index contributed by atoms with van der Waals surface area (Å²) in [6.45, 7) is 8.08. The Kier molecular flexibility index (Phi) is 6.76. The van der Waals surface area contributed by atoms with Gasteiger partial charge in [0.15, 0.2) is 6.61 Å². The first-order valence-electron chi connectivity index (χ1n) is 8.79. The highest BCUT2D eigenvalue weighted by Crippen LogP contribution is 2.15. The molecule has 0 fully saturated rings. The first-order chi connectivity index (χ1) is 12.8. The average Bonchev–Trinajstić information content (AvgIpc) is 2.99.